The first-order valence-electron chi connectivity index (χ1n) is 10.5. The van der Waals surface area contributed by atoms with Crippen LogP contribution in [0, 0.1) is 28.6 Å². The third-order valence-corrected chi connectivity index (χ3v) is 9.06. The largest absolute Gasteiger partial charge is 0.393 e. The minimum Gasteiger partial charge on any atom is -0.393 e. The van der Waals surface area contributed by atoms with Crippen molar-refractivity contribution in [2.75, 3.05) is 12.9 Å². The van der Waals surface area contributed by atoms with Gasteiger partial charge < -0.3 is 10.2 Å². The van der Waals surface area contributed by atoms with E-state index < -0.39 is 45.0 Å². The predicted molar refractivity (Wildman–Crippen MR) is 109 cm³/mol. The zero-order chi connectivity index (χ0) is 22.1. The lowest BCUT2D eigenvalue weighted by Gasteiger charge is -2.59. The van der Waals surface area contributed by atoms with Gasteiger partial charge in [-0.3, -0.25) is 13.8 Å². The number of carbonyl (C=O) groups is 2. The molecule has 4 aliphatic rings. The molecular formula is C22H30O7S. The summed E-state index contributed by atoms with van der Waals surface area (Å²) in [7, 11) is -3.80. The Balaban J connectivity index is 1.66. The molecule has 0 aromatic carbocycles. The van der Waals surface area contributed by atoms with Crippen molar-refractivity contribution in [3.63, 3.8) is 0 Å². The second-order valence-corrected chi connectivity index (χ2v) is 11.6. The Bertz CT molecular complexity index is 951. The van der Waals surface area contributed by atoms with Gasteiger partial charge in [0.15, 0.2) is 11.6 Å². The van der Waals surface area contributed by atoms with Crippen LogP contribution in [0.25, 0.3) is 0 Å². The second-order valence-electron chi connectivity index (χ2n) is 10.0. The fourth-order valence-corrected chi connectivity index (χ4v) is 7.39. The zero-order valence-electron chi connectivity index (χ0n) is 17.6. The monoisotopic (exact) mass is 438 g/mol. The fourth-order valence-electron chi connectivity index (χ4n) is 7.07. The second kappa shape index (κ2) is 6.82. The summed E-state index contributed by atoms with van der Waals surface area (Å²) in [4.78, 5) is 24.8. The van der Waals surface area contributed by atoms with Crippen LogP contribution in [0.3, 0.4) is 0 Å². The molecule has 0 aromatic rings. The molecule has 0 aromatic heterocycles. The normalized spacial score (nSPS) is 45.4. The van der Waals surface area contributed by atoms with Crippen molar-refractivity contribution in [2.24, 2.45) is 28.6 Å². The maximum Gasteiger partial charge on any atom is 0.264 e. The van der Waals surface area contributed by atoms with Crippen LogP contribution in [-0.4, -0.2) is 54.8 Å². The molecule has 0 amide bonds. The number of aliphatic hydroxyl groups excluding tert-OH is 1. The van der Waals surface area contributed by atoms with Gasteiger partial charge in [-0.2, -0.15) is 8.42 Å². The molecule has 7 atom stereocenters. The SMILES string of the molecule is C[C@]12C=CC(=O)C=C1CC[C@@H]1[C@H]2[C@@H](O)C[C@@]2(C)[C@@H]1CC[C@]2(O)C(=O)COS(C)(=O)=O. The lowest BCUT2D eigenvalue weighted by Crippen LogP contribution is -2.61. The maximum atomic E-state index is 12.9. The zero-order valence-corrected chi connectivity index (χ0v) is 18.4. The van der Waals surface area contributed by atoms with Crippen LogP contribution in [0.15, 0.2) is 23.8 Å². The van der Waals surface area contributed by atoms with E-state index in [1.165, 1.54) is 0 Å². The van der Waals surface area contributed by atoms with Crippen molar-refractivity contribution in [1.82, 2.24) is 0 Å². The molecule has 0 heterocycles. The summed E-state index contributed by atoms with van der Waals surface area (Å²) in [6.45, 7) is 3.21. The van der Waals surface area contributed by atoms with Gasteiger partial charge in [0.2, 0.25) is 0 Å². The van der Waals surface area contributed by atoms with Gasteiger partial charge >= 0.3 is 0 Å². The number of hydrogen-bond acceptors (Lipinski definition) is 7. The third kappa shape index (κ3) is 3.06. The Morgan fingerprint density at radius 1 is 1.30 bits per heavy atom. The topological polar surface area (TPSA) is 118 Å². The molecule has 2 N–H and O–H groups in total. The number of ketones is 2. The number of rotatable bonds is 4. The first kappa shape index (κ1) is 21.9. The molecule has 7 nitrogen and oxygen atoms in total. The van der Waals surface area contributed by atoms with Gasteiger partial charge in [-0.15, -0.1) is 0 Å². The van der Waals surface area contributed by atoms with Gasteiger partial charge in [0, 0.05) is 16.7 Å². The van der Waals surface area contributed by atoms with Crippen LogP contribution >= 0.6 is 0 Å². The van der Waals surface area contributed by atoms with Gasteiger partial charge in [0.25, 0.3) is 10.1 Å². The average molecular weight is 439 g/mol. The maximum absolute atomic E-state index is 12.9. The van der Waals surface area contributed by atoms with Gasteiger partial charge in [-0.25, -0.2) is 0 Å². The highest BCUT2D eigenvalue weighted by Gasteiger charge is 2.68. The molecule has 0 saturated heterocycles. The van der Waals surface area contributed by atoms with Crippen molar-refractivity contribution in [3.8, 4) is 0 Å². The summed E-state index contributed by atoms with van der Waals surface area (Å²) in [5.41, 5.74) is -1.97. The van der Waals surface area contributed by atoms with Crippen molar-refractivity contribution >= 4 is 21.7 Å². The van der Waals surface area contributed by atoms with Crippen molar-refractivity contribution in [1.29, 1.82) is 0 Å². The van der Waals surface area contributed by atoms with Crippen LogP contribution in [0.4, 0.5) is 0 Å². The highest BCUT2D eigenvalue weighted by atomic mass is 32.2. The van der Waals surface area contributed by atoms with Crippen LogP contribution in [-0.2, 0) is 23.9 Å². The molecule has 3 fully saturated rings. The van der Waals surface area contributed by atoms with Crippen molar-refractivity contribution < 1.29 is 32.4 Å². The van der Waals surface area contributed by atoms with E-state index in [0.717, 1.165) is 24.7 Å². The smallest absolute Gasteiger partial charge is 0.264 e. The highest BCUT2D eigenvalue weighted by Crippen LogP contribution is 2.67. The average Bonchev–Trinajstić information content (AvgIpc) is 2.91. The van der Waals surface area contributed by atoms with Gasteiger partial charge in [0.1, 0.15) is 12.2 Å². The van der Waals surface area contributed by atoms with Crippen LogP contribution in [0.5, 0.6) is 0 Å². The van der Waals surface area contributed by atoms with Crippen LogP contribution in [0.2, 0.25) is 0 Å². The van der Waals surface area contributed by atoms with Gasteiger partial charge in [-0.05, 0) is 56.1 Å². The molecular weight excluding hydrogens is 408 g/mol. The van der Waals surface area contributed by atoms with E-state index in [9.17, 15) is 28.2 Å². The number of fused-ring (bicyclic) bond motifs is 5. The predicted octanol–water partition coefficient (Wildman–Crippen LogP) is 1.54. The van der Waals surface area contributed by atoms with Gasteiger partial charge in [0.05, 0.1) is 12.4 Å². The summed E-state index contributed by atoms with van der Waals surface area (Å²) in [5, 5.41) is 22.7. The van der Waals surface area contributed by atoms with Crippen molar-refractivity contribution in [3.05, 3.63) is 23.8 Å². The summed E-state index contributed by atoms with van der Waals surface area (Å²) in [6.07, 6.45) is 7.92. The molecule has 30 heavy (non-hydrogen) atoms. The molecule has 166 valence electrons. The van der Waals surface area contributed by atoms with E-state index in [0.29, 0.717) is 6.42 Å². The van der Waals surface area contributed by atoms with E-state index in [2.05, 4.69) is 11.1 Å². The van der Waals surface area contributed by atoms with Crippen molar-refractivity contribution in [2.45, 2.75) is 57.7 Å². The lowest BCUT2D eigenvalue weighted by molar-refractivity contribution is -0.177. The Morgan fingerprint density at radius 2 is 2.00 bits per heavy atom. The van der Waals surface area contributed by atoms with Crippen LogP contribution < -0.4 is 0 Å². The standard InChI is InChI=1S/C22H30O7S/c1-20-8-6-14(23)10-13(20)4-5-15-16-7-9-22(26,18(25)12-29-30(3,27)28)21(16,2)11-17(24)19(15)20/h6,8,10,15-17,19,24,26H,4-5,7,9,11-12H2,1-3H3/t15-,16+,17-,19-,20-,21-,22-/m0/s1. The molecule has 0 unspecified atom stereocenters. The van der Waals surface area contributed by atoms with E-state index in [1.807, 2.05) is 13.0 Å². The summed E-state index contributed by atoms with van der Waals surface area (Å²) in [6, 6.07) is 0. The Hall–Kier alpha value is -1.35. The van der Waals surface area contributed by atoms with E-state index in [1.54, 1.807) is 12.2 Å². The number of Topliss-reactive ketones (excluding diaryl/α,β-unsaturated/α-hetero) is 1. The third-order valence-electron chi connectivity index (χ3n) is 8.51. The number of hydrogen-bond donors (Lipinski definition) is 2. The first-order chi connectivity index (χ1) is 13.8. The minimum absolute atomic E-state index is 0.0162. The van der Waals surface area contributed by atoms with E-state index in [-0.39, 0.29) is 36.4 Å². The minimum atomic E-state index is -3.80. The molecule has 3 saturated carbocycles. The number of aliphatic hydroxyl groups is 2. The number of allylic oxidation sites excluding steroid dienone is 4. The molecule has 0 aliphatic heterocycles. The Kier molecular flexibility index (Phi) is 4.97. The summed E-state index contributed by atoms with van der Waals surface area (Å²) >= 11 is 0. The molecule has 0 radical (unpaired) electrons. The summed E-state index contributed by atoms with van der Waals surface area (Å²) < 4.78 is 27.3. The Morgan fingerprint density at radius 3 is 2.67 bits per heavy atom. The highest BCUT2D eigenvalue weighted by molar-refractivity contribution is 7.86. The molecule has 4 rings (SSSR count). The fraction of sp³-hybridized carbons (Fsp3) is 0.727. The quantitative estimate of drug-likeness (QED) is 0.639. The molecule has 8 heteroatoms. The molecule has 0 bridgehead atoms. The first-order valence-corrected chi connectivity index (χ1v) is 12.4. The van der Waals surface area contributed by atoms with E-state index in [4.69, 9.17) is 0 Å². The molecule has 4 aliphatic carbocycles. The van der Waals surface area contributed by atoms with Gasteiger partial charge in [-0.1, -0.05) is 25.5 Å². The Labute approximate surface area is 177 Å². The summed E-state index contributed by atoms with van der Waals surface area (Å²) in [5.74, 6) is -0.652. The number of carbonyl (C=O) groups excluding carboxylic acids is 2. The lowest BCUT2D eigenvalue weighted by atomic mass is 9.46. The molecule has 0 spiro atoms. The van der Waals surface area contributed by atoms with E-state index >= 15 is 0 Å². The van der Waals surface area contributed by atoms with Crippen LogP contribution in [0.1, 0.15) is 46.0 Å².